The van der Waals surface area contributed by atoms with E-state index in [-0.39, 0.29) is 12.5 Å². The predicted molar refractivity (Wildman–Crippen MR) is 84.3 cm³/mol. The van der Waals surface area contributed by atoms with Gasteiger partial charge in [0.25, 0.3) is 5.91 Å². The number of halogens is 1. The number of nitrogens with one attached hydrogen (secondary N) is 2. The van der Waals surface area contributed by atoms with E-state index in [1.807, 2.05) is 6.92 Å². The maximum absolute atomic E-state index is 11.8. The van der Waals surface area contributed by atoms with Crippen molar-refractivity contribution in [1.29, 1.82) is 0 Å². The van der Waals surface area contributed by atoms with Crippen molar-refractivity contribution < 1.29 is 14.7 Å². The van der Waals surface area contributed by atoms with Gasteiger partial charge in [-0.2, -0.15) is 0 Å². The lowest BCUT2D eigenvalue weighted by Gasteiger charge is -2.21. The highest BCUT2D eigenvalue weighted by Crippen LogP contribution is 2.38. The maximum Gasteiger partial charge on any atom is 0.257 e. The Labute approximate surface area is 131 Å². The Hall–Kier alpha value is -1.60. The number of carbonyl (C=O) groups is 2. The molecule has 21 heavy (non-hydrogen) atoms. The Balaban J connectivity index is 2.16. The van der Waals surface area contributed by atoms with Crippen LogP contribution in [0.2, 0.25) is 0 Å². The molecule has 1 aliphatic rings. The average Bonchev–Trinajstić information content (AvgIpc) is 2.71. The molecule has 0 aliphatic carbocycles. The Morgan fingerprint density at radius 1 is 1.52 bits per heavy atom. The highest BCUT2D eigenvalue weighted by molar-refractivity contribution is 9.10. The lowest BCUT2D eigenvalue weighted by atomic mass is 10.1. The summed E-state index contributed by atoms with van der Waals surface area (Å²) in [7, 11) is 1.80. The first-order valence-electron chi connectivity index (χ1n) is 6.74. The third kappa shape index (κ3) is 3.36. The summed E-state index contributed by atoms with van der Waals surface area (Å²) < 4.78 is 0.725. The van der Waals surface area contributed by atoms with E-state index in [0.717, 1.165) is 16.6 Å². The molecule has 0 saturated carbocycles. The van der Waals surface area contributed by atoms with E-state index in [1.54, 1.807) is 24.1 Å². The van der Waals surface area contributed by atoms with Crippen LogP contribution in [0.15, 0.2) is 16.6 Å². The molecule has 0 saturated heterocycles. The number of rotatable bonds is 5. The van der Waals surface area contributed by atoms with Crippen molar-refractivity contribution in [2.24, 2.45) is 0 Å². The molecule has 0 aromatic heterocycles. The van der Waals surface area contributed by atoms with Crippen LogP contribution in [0.4, 0.5) is 11.4 Å². The number of likely N-dealkylation sites (N-methyl/N-ethyl adjacent to an activating group) is 1. The van der Waals surface area contributed by atoms with Crippen molar-refractivity contribution in [2.45, 2.75) is 19.4 Å². The molecule has 0 spiro atoms. The van der Waals surface area contributed by atoms with Gasteiger partial charge in [0.05, 0.1) is 12.2 Å². The number of fused-ring (bicyclic) bond motifs is 1. The van der Waals surface area contributed by atoms with Gasteiger partial charge >= 0.3 is 0 Å². The number of amides is 2. The second-order valence-corrected chi connectivity index (χ2v) is 5.84. The summed E-state index contributed by atoms with van der Waals surface area (Å²) in [6, 6.07) is 3.45. The third-order valence-corrected chi connectivity index (χ3v) is 3.92. The third-order valence-electron chi connectivity index (χ3n) is 3.28. The smallest absolute Gasteiger partial charge is 0.257 e. The first-order valence-corrected chi connectivity index (χ1v) is 7.53. The fourth-order valence-electron chi connectivity index (χ4n) is 2.17. The van der Waals surface area contributed by atoms with Gasteiger partial charge in [0, 0.05) is 29.3 Å². The van der Waals surface area contributed by atoms with Crippen LogP contribution in [0.1, 0.15) is 25.0 Å². The average molecular weight is 356 g/mol. The first kappa shape index (κ1) is 15.8. The summed E-state index contributed by atoms with van der Waals surface area (Å²) in [5, 5.41) is 15.2. The van der Waals surface area contributed by atoms with Crippen molar-refractivity contribution in [3.8, 4) is 0 Å². The summed E-state index contributed by atoms with van der Waals surface area (Å²) in [5.41, 5.74) is 1.89. The largest absolute Gasteiger partial charge is 0.378 e. The van der Waals surface area contributed by atoms with Crippen LogP contribution in [0.25, 0.3) is 0 Å². The van der Waals surface area contributed by atoms with E-state index in [9.17, 15) is 14.7 Å². The molecule has 1 aliphatic heterocycles. The number of benzene rings is 1. The van der Waals surface area contributed by atoms with E-state index >= 15 is 0 Å². The second kappa shape index (κ2) is 6.44. The zero-order chi connectivity index (χ0) is 15.6. The second-order valence-electron chi connectivity index (χ2n) is 4.99. The van der Waals surface area contributed by atoms with Gasteiger partial charge in [-0.15, -0.1) is 0 Å². The summed E-state index contributed by atoms with van der Waals surface area (Å²) in [6.45, 7) is 2.86. The zero-order valence-corrected chi connectivity index (χ0v) is 13.5. The normalized spacial score (nSPS) is 16.4. The van der Waals surface area contributed by atoms with Crippen molar-refractivity contribution in [2.75, 3.05) is 30.4 Å². The Morgan fingerprint density at radius 3 is 2.90 bits per heavy atom. The molecule has 1 unspecified atom stereocenters. The standard InChI is InChI=1S/C14H18BrN3O3/c1-3-4-16-12(19)7-18(2)11-6-10-8(5-9(11)15)13(20)14(21)17-10/h5-6,13,20H,3-4,7H2,1-2H3,(H,16,19)(H,17,21). The van der Waals surface area contributed by atoms with Crippen LogP contribution >= 0.6 is 15.9 Å². The molecule has 7 heteroatoms. The number of anilines is 2. The highest BCUT2D eigenvalue weighted by atomic mass is 79.9. The van der Waals surface area contributed by atoms with Crippen molar-refractivity contribution in [3.63, 3.8) is 0 Å². The molecular weight excluding hydrogens is 338 g/mol. The SMILES string of the molecule is CCCNC(=O)CN(C)c1cc2c(cc1Br)C(O)C(=O)N2. The van der Waals surface area contributed by atoms with Crippen LogP contribution < -0.4 is 15.5 Å². The van der Waals surface area contributed by atoms with E-state index in [0.29, 0.717) is 17.8 Å². The van der Waals surface area contributed by atoms with E-state index in [1.165, 1.54) is 0 Å². The Kier molecular flexibility index (Phi) is 4.84. The Bertz CT molecular complexity index is 577. The maximum atomic E-state index is 11.8. The van der Waals surface area contributed by atoms with Crippen molar-refractivity contribution in [1.82, 2.24) is 5.32 Å². The van der Waals surface area contributed by atoms with Gasteiger partial charge in [-0.05, 0) is 34.5 Å². The van der Waals surface area contributed by atoms with Gasteiger partial charge in [0.2, 0.25) is 5.91 Å². The molecule has 2 amide bonds. The summed E-state index contributed by atoms with van der Waals surface area (Å²) in [6.07, 6.45) is -0.245. The summed E-state index contributed by atoms with van der Waals surface area (Å²) in [5.74, 6) is -0.492. The van der Waals surface area contributed by atoms with Gasteiger partial charge in [-0.1, -0.05) is 6.92 Å². The lowest BCUT2D eigenvalue weighted by Crippen LogP contribution is -2.35. The van der Waals surface area contributed by atoms with Gasteiger partial charge < -0.3 is 20.6 Å². The summed E-state index contributed by atoms with van der Waals surface area (Å²) in [4.78, 5) is 25.0. The number of hydrogen-bond donors (Lipinski definition) is 3. The zero-order valence-electron chi connectivity index (χ0n) is 11.9. The topological polar surface area (TPSA) is 81.7 Å². The Morgan fingerprint density at radius 2 is 2.24 bits per heavy atom. The van der Waals surface area contributed by atoms with Gasteiger partial charge in [-0.3, -0.25) is 9.59 Å². The molecule has 6 nitrogen and oxygen atoms in total. The van der Waals surface area contributed by atoms with Crippen LogP contribution in [-0.4, -0.2) is 37.1 Å². The van der Waals surface area contributed by atoms with Crippen LogP contribution in [-0.2, 0) is 9.59 Å². The first-order chi connectivity index (χ1) is 9.93. The molecule has 1 aromatic rings. The molecule has 0 bridgehead atoms. The van der Waals surface area contributed by atoms with Gasteiger partial charge in [0.1, 0.15) is 0 Å². The number of carbonyl (C=O) groups excluding carboxylic acids is 2. The molecule has 114 valence electrons. The van der Waals surface area contributed by atoms with Crippen molar-refractivity contribution in [3.05, 3.63) is 22.2 Å². The predicted octanol–water partition coefficient (Wildman–Crippen LogP) is 1.40. The molecule has 0 radical (unpaired) electrons. The van der Waals surface area contributed by atoms with E-state index in [2.05, 4.69) is 26.6 Å². The number of nitrogens with zero attached hydrogens (tertiary/aromatic N) is 1. The molecular formula is C14H18BrN3O3. The van der Waals surface area contributed by atoms with Gasteiger partial charge in [0.15, 0.2) is 6.10 Å². The highest BCUT2D eigenvalue weighted by Gasteiger charge is 2.30. The fourth-order valence-corrected chi connectivity index (χ4v) is 2.83. The number of hydrogen-bond acceptors (Lipinski definition) is 4. The monoisotopic (exact) mass is 355 g/mol. The van der Waals surface area contributed by atoms with E-state index < -0.39 is 12.0 Å². The summed E-state index contributed by atoms with van der Waals surface area (Å²) >= 11 is 3.42. The van der Waals surface area contributed by atoms with Crippen LogP contribution in [0.3, 0.4) is 0 Å². The molecule has 0 fully saturated rings. The van der Waals surface area contributed by atoms with Crippen LogP contribution in [0, 0.1) is 0 Å². The minimum absolute atomic E-state index is 0.0594. The molecule has 1 aromatic carbocycles. The quantitative estimate of drug-likeness (QED) is 0.745. The minimum atomic E-state index is -1.14. The number of aliphatic hydroxyl groups is 1. The lowest BCUT2D eigenvalue weighted by molar-refractivity contribution is -0.123. The van der Waals surface area contributed by atoms with Gasteiger partial charge in [-0.25, -0.2) is 0 Å². The van der Waals surface area contributed by atoms with Crippen LogP contribution in [0.5, 0.6) is 0 Å². The molecule has 3 N–H and O–H groups in total. The number of aliphatic hydroxyl groups excluding tert-OH is 1. The van der Waals surface area contributed by atoms with E-state index in [4.69, 9.17) is 0 Å². The molecule has 1 atom stereocenters. The molecule has 1 heterocycles. The fraction of sp³-hybridized carbons (Fsp3) is 0.429. The minimum Gasteiger partial charge on any atom is -0.378 e. The molecule has 2 rings (SSSR count). The van der Waals surface area contributed by atoms with Crippen molar-refractivity contribution >= 4 is 39.1 Å².